The van der Waals surface area contributed by atoms with Gasteiger partial charge in [0.25, 0.3) is 0 Å². The number of nitrogen functional groups attached to an aromatic ring is 1. The smallest absolute Gasteiger partial charge is 0.178 e. The van der Waals surface area contributed by atoms with E-state index in [2.05, 4.69) is 4.90 Å². The van der Waals surface area contributed by atoms with E-state index < -0.39 is 15.7 Å². The van der Waals surface area contributed by atoms with Crippen molar-refractivity contribution < 1.29 is 12.8 Å². The molecule has 1 unspecified atom stereocenters. The standard InChI is InChI=1S/C14H21FN2O2S/c1-17-8-3-2-4-11(17)7-9-20(18,19)12-5-6-14(16)13(15)10-12/h5-6,10-11H,2-4,7-9,16H2,1H3. The topological polar surface area (TPSA) is 63.4 Å². The minimum absolute atomic E-state index is 0.0164. The van der Waals surface area contributed by atoms with Gasteiger partial charge < -0.3 is 10.6 Å². The number of likely N-dealkylation sites (tertiary alicyclic amines) is 1. The molecule has 1 saturated heterocycles. The van der Waals surface area contributed by atoms with Crippen LogP contribution in [0.4, 0.5) is 10.1 Å². The summed E-state index contributed by atoms with van der Waals surface area (Å²) < 4.78 is 37.8. The molecule has 4 nitrogen and oxygen atoms in total. The van der Waals surface area contributed by atoms with E-state index in [1.807, 2.05) is 7.05 Å². The lowest BCUT2D eigenvalue weighted by molar-refractivity contribution is 0.181. The first-order valence-corrected chi connectivity index (χ1v) is 8.53. The van der Waals surface area contributed by atoms with Crippen LogP contribution in [0.2, 0.25) is 0 Å². The fourth-order valence-electron chi connectivity index (χ4n) is 2.62. The van der Waals surface area contributed by atoms with E-state index in [0.29, 0.717) is 12.5 Å². The summed E-state index contributed by atoms with van der Waals surface area (Å²) in [5.74, 6) is -0.633. The molecule has 6 heteroatoms. The molecular weight excluding hydrogens is 279 g/mol. The largest absolute Gasteiger partial charge is 0.396 e. The molecule has 0 radical (unpaired) electrons. The number of halogens is 1. The second kappa shape index (κ2) is 6.10. The summed E-state index contributed by atoms with van der Waals surface area (Å²) in [6.07, 6.45) is 3.93. The maximum absolute atomic E-state index is 13.4. The lowest BCUT2D eigenvalue weighted by Crippen LogP contribution is -2.37. The van der Waals surface area contributed by atoms with E-state index in [1.165, 1.54) is 18.6 Å². The number of hydrogen-bond acceptors (Lipinski definition) is 4. The lowest BCUT2D eigenvalue weighted by atomic mass is 10.0. The van der Waals surface area contributed by atoms with Crippen molar-refractivity contribution in [1.29, 1.82) is 0 Å². The summed E-state index contributed by atoms with van der Waals surface area (Å²) in [5, 5.41) is 0. The number of benzene rings is 1. The molecule has 0 amide bonds. The summed E-state index contributed by atoms with van der Waals surface area (Å²) >= 11 is 0. The van der Waals surface area contributed by atoms with Crippen molar-refractivity contribution in [3.63, 3.8) is 0 Å². The third-order valence-electron chi connectivity index (χ3n) is 3.97. The Hall–Kier alpha value is -1.14. The number of rotatable bonds is 4. The van der Waals surface area contributed by atoms with Crippen LogP contribution in [0.1, 0.15) is 25.7 Å². The van der Waals surface area contributed by atoms with E-state index >= 15 is 0 Å². The summed E-state index contributed by atoms with van der Waals surface area (Å²) in [5.41, 5.74) is 5.33. The van der Waals surface area contributed by atoms with Gasteiger partial charge in [-0.15, -0.1) is 0 Å². The highest BCUT2D eigenvalue weighted by Gasteiger charge is 2.23. The Labute approximate surface area is 119 Å². The van der Waals surface area contributed by atoms with Gasteiger partial charge >= 0.3 is 0 Å². The van der Waals surface area contributed by atoms with Crippen LogP contribution in [0.25, 0.3) is 0 Å². The molecule has 0 aliphatic carbocycles. The molecule has 2 N–H and O–H groups in total. The number of piperidine rings is 1. The molecule has 0 aromatic heterocycles. The molecule has 1 fully saturated rings. The van der Waals surface area contributed by atoms with Gasteiger partial charge in [-0.05, 0) is 51.1 Å². The fourth-order valence-corrected chi connectivity index (χ4v) is 4.00. The van der Waals surface area contributed by atoms with Gasteiger partial charge in [0.15, 0.2) is 9.84 Å². The van der Waals surface area contributed by atoms with Gasteiger partial charge in [0.2, 0.25) is 0 Å². The Bertz CT molecular complexity index is 575. The molecule has 1 atom stereocenters. The van der Waals surface area contributed by atoms with Crippen LogP contribution < -0.4 is 5.73 Å². The van der Waals surface area contributed by atoms with E-state index in [9.17, 15) is 12.8 Å². The Morgan fingerprint density at radius 1 is 1.40 bits per heavy atom. The summed E-state index contributed by atoms with van der Waals surface area (Å²) in [7, 11) is -1.42. The first-order valence-electron chi connectivity index (χ1n) is 6.88. The van der Waals surface area contributed by atoms with Crippen LogP contribution in [0.3, 0.4) is 0 Å². The molecule has 1 aliphatic heterocycles. The van der Waals surface area contributed by atoms with Crippen LogP contribution in [0.5, 0.6) is 0 Å². The van der Waals surface area contributed by atoms with Gasteiger partial charge in [-0.25, -0.2) is 12.8 Å². The Balaban J connectivity index is 2.05. The van der Waals surface area contributed by atoms with Crippen molar-refractivity contribution >= 4 is 15.5 Å². The Morgan fingerprint density at radius 2 is 2.15 bits per heavy atom. The Kier molecular flexibility index (Phi) is 4.65. The predicted octanol–water partition coefficient (Wildman–Crippen LogP) is 2.06. The fraction of sp³-hybridized carbons (Fsp3) is 0.571. The third kappa shape index (κ3) is 3.49. The monoisotopic (exact) mass is 300 g/mol. The average molecular weight is 300 g/mol. The maximum atomic E-state index is 13.4. The quantitative estimate of drug-likeness (QED) is 0.865. The predicted molar refractivity (Wildman–Crippen MR) is 77.8 cm³/mol. The van der Waals surface area contributed by atoms with E-state index in [-0.39, 0.29) is 16.3 Å². The number of anilines is 1. The van der Waals surface area contributed by atoms with Crippen LogP contribution >= 0.6 is 0 Å². The SMILES string of the molecule is CN1CCCCC1CCS(=O)(=O)c1ccc(N)c(F)c1. The van der Waals surface area contributed by atoms with Gasteiger partial charge in [-0.3, -0.25) is 0 Å². The van der Waals surface area contributed by atoms with E-state index in [4.69, 9.17) is 5.73 Å². The minimum atomic E-state index is -3.44. The number of hydrogen-bond donors (Lipinski definition) is 1. The molecule has 1 aromatic rings. The second-order valence-corrected chi connectivity index (χ2v) is 7.53. The summed E-state index contributed by atoms with van der Waals surface area (Å²) in [6, 6.07) is 3.99. The van der Waals surface area contributed by atoms with Crippen molar-refractivity contribution in [3.05, 3.63) is 24.0 Å². The molecule has 112 valence electrons. The van der Waals surface area contributed by atoms with Crippen LogP contribution in [-0.2, 0) is 9.84 Å². The molecular formula is C14H21FN2O2S. The van der Waals surface area contributed by atoms with Crippen molar-refractivity contribution in [1.82, 2.24) is 4.90 Å². The van der Waals surface area contributed by atoms with Crippen molar-refractivity contribution in [3.8, 4) is 0 Å². The van der Waals surface area contributed by atoms with Crippen molar-refractivity contribution in [2.75, 3.05) is 25.1 Å². The molecule has 0 saturated carbocycles. The average Bonchev–Trinajstić information content (AvgIpc) is 2.41. The molecule has 1 heterocycles. The zero-order valence-electron chi connectivity index (χ0n) is 11.7. The van der Waals surface area contributed by atoms with Crippen LogP contribution in [0.15, 0.2) is 23.1 Å². The number of nitrogens with zero attached hydrogens (tertiary/aromatic N) is 1. The molecule has 20 heavy (non-hydrogen) atoms. The highest BCUT2D eigenvalue weighted by atomic mass is 32.2. The van der Waals surface area contributed by atoms with Gasteiger partial charge in [0.1, 0.15) is 5.82 Å². The van der Waals surface area contributed by atoms with Crippen molar-refractivity contribution in [2.24, 2.45) is 0 Å². The zero-order chi connectivity index (χ0) is 14.8. The van der Waals surface area contributed by atoms with E-state index in [1.54, 1.807) is 0 Å². The lowest BCUT2D eigenvalue weighted by Gasteiger charge is -2.32. The summed E-state index contributed by atoms with van der Waals surface area (Å²) in [6.45, 7) is 1.02. The maximum Gasteiger partial charge on any atom is 0.178 e. The molecule has 0 spiro atoms. The second-order valence-electron chi connectivity index (χ2n) is 5.42. The minimum Gasteiger partial charge on any atom is -0.396 e. The highest BCUT2D eigenvalue weighted by Crippen LogP contribution is 2.22. The first kappa shape index (κ1) is 15.3. The van der Waals surface area contributed by atoms with Gasteiger partial charge in [0.05, 0.1) is 16.3 Å². The van der Waals surface area contributed by atoms with Gasteiger partial charge in [-0.2, -0.15) is 0 Å². The van der Waals surface area contributed by atoms with Crippen LogP contribution in [0, 0.1) is 5.82 Å². The number of sulfone groups is 1. The normalized spacial score (nSPS) is 21.0. The van der Waals surface area contributed by atoms with E-state index in [0.717, 1.165) is 25.5 Å². The zero-order valence-corrected chi connectivity index (χ0v) is 12.5. The van der Waals surface area contributed by atoms with Gasteiger partial charge in [-0.1, -0.05) is 6.42 Å². The third-order valence-corrected chi connectivity index (χ3v) is 5.72. The molecule has 2 rings (SSSR count). The molecule has 0 bridgehead atoms. The van der Waals surface area contributed by atoms with Crippen LogP contribution in [-0.4, -0.2) is 38.7 Å². The molecule has 1 aliphatic rings. The van der Waals surface area contributed by atoms with Crippen molar-refractivity contribution in [2.45, 2.75) is 36.6 Å². The first-order chi connectivity index (χ1) is 9.40. The Morgan fingerprint density at radius 3 is 2.80 bits per heavy atom. The van der Waals surface area contributed by atoms with Gasteiger partial charge in [0, 0.05) is 6.04 Å². The molecule has 1 aromatic carbocycles. The highest BCUT2D eigenvalue weighted by molar-refractivity contribution is 7.91. The number of nitrogens with two attached hydrogens (primary N) is 1. The summed E-state index contributed by atoms with van der Waals surface area (Å²) in [4.78, 5) is 2.23.